The smallest absolute Gasteiger partial charge is 0.249 e. The van der Waals surface area contributed by atoms with Gasteiger partial charge >= 0.3 is 0 Å². The lowest BCUT2D eigenvalue weighted by Gasteiger charge is -2.41. The summed E-state index contributed by atoms with van der Waals surface area (Å²) in [6.07, 6.45) is -2.57. The summed E-state index contributed by atoms with van der Waals surface area (Å²) >= 11 is 3.36. The highest BCUT2D eigenvalue weighted by atomic mass is 79.9. The van der Waals surface area contributed by atoms with Crippen LogP contribution in [0.1, 0.15) is 37.7 Å². The molecule has 3 atom stereocenters. The van der Waals surface area contributed by atoms with Gasteiger partial charge in [-0.15, -0.1) is 0 Å². The first-order valence-electron chi connectivity index (χ1n) is 11.1. The van der Waals surface area contributed by atoms with Crippen LogP contribution in [0.2, 0.25) is 0 Å². The predicted molar refractivity (Wildman–Crippen MR) is 130 cm³/mol. The van der Waals surface area contributed by atoms with Crippen molar-refractivity contribution in [2.24, 2.45) is 5.41 Å². The second-order valence-corrected chi connectivity index (χ2v) is 9.78. The minimum absolute atomic E-state index is 0.0868. The molecule has 0 bridgehead atoms. The van der Waals surface area contributed by atoms with Crippen LogP contribution in [-0.2, 0) is 25.6 Å². The van der Waals surface area contributed by atoms with E-state index >= 15 is 0 Å². The number of hydrogen-bond donors (Lipinski definition) is 3. The fourth-order valence-corrected chi connectivity index (χ4v) is 3.80. The molecular weight excluding hydrogens is 504 g/mol. The van der Waals surface area contributed by atoms with Gasteiger partial charge in [0.2, 0.25) is 11.8 Å². The Hall–Kier alpha value is -2.46. The molecule has 34 heavy (non-hydrogen) atoms. The van der Waals surface area contributed by atoms with Gasteiger partial charge in [0, 0.05) is 28.5 Å². The molecule has 0 aromatic heterocycles. The van der Waals surface area contributed by atoms with Crippen LogP contribution in [0, 0.1) is 5.41 Å². The molecule has 9 heteroatoms. The number of carbonyl (C=O) groups excluding carboxylic acids is 2. The van der Waals surface area contributed by atoms with Crippen LogP contribution in [0.3, 0.4) is 0 Å². The Kier molecular flexibility index (Phi) is 9.07. The number of carbonyl (C=O) groups is 2. The zero-order valence-electron chi connectivity index (χ0n) is 19.5. The third kappa shape index (κ3) is 7.02. The third-order valence-corrected chi connectivity index (χ3v) is 6.13. The van der Waals surface area contributed by atoms with Crippen molar-refractivity contribution < 1.29 is 28.9 Å². The highest BCUT2D eigenvalue weighted by Gasteiger charge is 2.43. The number of aliphatic hydroxyl groups is 1. The van der Waals surface area contributed by atoms with Gasteiger partial charge in [0.25, 0.3) is 0 Å². The third-order valence-electron chi connectivity index (χ3n) is 5.60. The van der Waals surface area contributed by atoms with Crippen LogP contribution in [0.25, 0.3) is 0 Å². The molecule has 0 aliphatic carbocycles. The maximum absolute atomic E-state index is 12.9. The molecule has 2 unspecified atom stereocenters. The minimum Gasteiger partial charge on any atom is -0.497 e. The lowest BCUT2D eigenvalue weighted by atomic mass is 9.85. The Bertz CT molecular complexity index is 964. The van der Waals surface area contributed by atoms with Crippen LogP contribution in [0.4, 0.5) is 0 Å². The molecule has 0 saturated carbocycles. The molecule has 0 spiro atoms. The van der Waals surface area contributed by atoms with Crippen molar-refractivity contribution in [3.63, 3.8) is 0 Å². The van der Waals surface area contributed by atoms with Gasteiger partial charge in [-0.05, 0) is 36.2 Å². The van der Waals surface area contributed by atoms with Crippen molar-refractivity contribution in [1.29, 1.82) is 0 Å². The van der Waals surface area contributed by atoms with Crippen LogP contribution in [0.15, 0.2) is 53.0 Å². The van der Waals surface area contributed by atoms with Crippen molar-refractivity contribution in [1.82, 2.24) is 10.6 Å². The molecule has 1 heterocycles. The Balaban J connectivity index is 1.47. The molecule has 2 aromatic rings. The summed E-state index contributed by atoms with van der Waals surface area (Å²) in [6, 6.07) is 14.8. The van der Waals surface area contributed by atoms with Crippen molar-refractivity contribution >= 4 is 27.7 Å². The van der Waals surface area contributed by atoms with Gasteiger partial charge in [0.15, 0.2) is 6.29 Å². The zero-order chi connectivity index (χ0) is 24.7. The fraction of sp³-hybridized carbons (Fsp3) is 0.440. The Morgan fingerprint density at radius 1 is 1.15 bits per heavy atom. The van der Waals surface area contributed by atoms with E-state index < -0.39 is 29.8 Å². The number of aliphatic hydroxyl groups excluding tert-OH is 1. The van der Waals surface area contributed by atoms with E-state index in [4.69, 9.17) is 14.2 Å². The summed E-state index contributed by atoms with van der Waals surface area (Å²) in [6.45, 7) is 4.57. The second kappa shape index (κ2) is 11.8. The topological polar surface area (TPSA) is 106 Å². The molecule has 1 fully saturated rings. The molecule has 2 amide bonds. The van der Waals surface area contributed by atoms with Crippen LogP contribution in [0.5, 0.6) is 5.75 Å². The monoisotopic (exact) mass is 534 g/mol. The number of benzene rings is 2. The average Bonchev–Trinajstić information content (AvgIpc) is 2.83. The number of amides is 2. The lowest BCUT2D eigenvalue weighted by Crippen LogP contribution is -2.52. The summed E-state index contributed by atoms with van der Waals surface area (Å²) in [4.78, 5) is 25.1. The molecule has 3 rings (SSSR count). The summed E-state index contributed by atoms with van der Waals surface area (Å²) in [5.41, 5.74) is 1.16. The van der Waals surface area contributed by atoms with E-state index in [2.05, 4.69) is 26.6 Å². The first kappa shape index (κ1) is 26.2. The molecule has 3 N–H and O–H groups in total. The van der Waals surface area contributed by atoms with Crippen molar-refractivity contribution in [3.05, 3.63) is 64.1 Å². The highest BCUT2D eigenvalue weighted by molar-refractivity contribution is 9.10. The predicted octanol–water partition coefficient (Wildman–Crippen LogP) is 3.08. The molecule has 1 saturated heterocycles. The molecule has 8 nitrogen and oxygen atoms in total. The largest absolute Gasteiger partial charge is 0.497 e. The van der Waals surface area contributed by atoms with Gasteiger partial charge in [-0.25, -0.2) is 0 Å². The Labute approximate surface area is 208 Å². The molecular formula is C25H31BrN2O6. The van der Waals surface area contributed by atoms with E-state index in [1.54, 1.807) is 19.2 Å². The van der Waals surface area contributed by atoms with Crippen LogP contribution >= 0.6 is 15.9 Å². The quantitative estimate of drug-likeness (QED) is 0.456. The highest BCUT2D eigenvalue weighted by Crippen LogP contribution is 2.36. The maximum Gasteiger partial charge on any atom is 0.249 e. The number of hydrogen-bond acceptors (Lipinski definition) is 6. The normalized spacial score (nSPS) is 20.3. The van der Waals surface area contributed by atoms with E-state index in [1.165, 1.54) is 0 Å². The first-order valence-corrected chi connectivity index (χ1v) is 11.9. The average molecular weight is 535 g/mol. The van der Waals surface area contributed by atoms with E-state index in [0.717, 1.165) is 15.6 Å². The van der Waals surface area contributed by atoms with Gasteiger partial charge in [-0.3, -0.25) is 9.59 Å². The maximum atomic E-state index is 12.9. The molecule has 1 aliphatic heterocycles. The van der Waals surface area contributed by atoms with Crippen LogP contribution < -0.4 is 15.4 Å². The molecule has 2 aromatic carbocycles. The van der Waals surface area contributed by atoms with Gasteiger partial charge in [-0.1, -0.05) is 54.0 Å². The zero-order valence-corrected chi connectivity index (χ0v) is 21.1. The van der Waals surface area contributed by atoms with Crippen molar-refractivity contribution in [2.45, 2.75) is 45.3 Å². The van der Waals surface area contributed by atoms with E-state index in [-0.39, 0.29) is 18.9 Å². The van der Waals surface area contributed by atoms with E-state index in [9.17, 15) is 14.7 Å². The summed E-state index contributed by atoms with van der Waals surface area (Å²) < 4.78 is 18.0. The Morgan fingerprint density at radius 3 is 2.47 bits per heavy atom. The molecule has 0 radical (unpaired) electrons. The number of ether oxygens (including phenoxy) is 3. The van der Waals surface area contributed by atoms with E-state index in [0.29, 0.717) is 18.9 Å². The Morgan fingerprint density at radius 2 is 1.82 bits per heavy atom. The summed E-state index contributed by atoms with van der Waals surface area (Å²) in [7, 11) is 1.59. The summed E-state index contributed by atoms with van der Waals surface area (Å²) in [5, 5.41) is 15.6. The number of rotatable bonds is 9. The minimum atomic E-state index is -1.23. The van der Waals surface area contributed by atoms with Gasteiger partial charge in [-0.2, -0.15) is 0 Å². The van der Waals surface area contributed by atoms with Crippen molar-refractivity contribution in [2.75, 3.05) is 20.3 Å². The second-order valence-electron chi connectivity index (χ2n) is 8.86. The number of nitrogens with one attached hydrogen (secondary N) is 2. The SMILES string of the molecule is COc1ccc([C@@H]2OCC(C)(C)C(C(=O)NCCC(O)C(=O)NCc3ccc(Br)cc3)O2)cc1. The number of methoxy groups -OCH3 is 1. The molecule has 184 valence electrons. The van der Waals surface area contributed by atoms with Crippen LogP contribution in [-0.4, -0.2) is 49.4 Å². The fourth-order valence-electron chi connectivity index (χ4n) is 3.53. The van der Waals surface area contributed by atoms with Gasteiger partial charge in [0.1, 0.15) is 18.0 Å². The van der Waals surface area contributed by atoms with Gasteiger partial charge < -0.3 is 30.0 Å². The molecule has 1 aliphatic rings. The standard InChI is InChI=1S/C25H31BrN2O6/c1-25(2)15-33-24(17-6-10-19(32-3)11-7-17)34-21(25)23(31)27-13-12-20(29)22(30)28-14-16-4-8-18(26)9-5-16/h4-11,20-21,24,29H,12-15H2,1-3H3,(H,27,31)(H,28,30)/t20?,21?,24-/m1/s1. The number of halogens is 1. The summed E-state index contributed by atoms with van der Waals surface area (Å²) in [5.74, 6) is -0.0812. The lowest BCUT2D eigenvalue weighted by molar-refractivity contribution is -0.258. The van der Waals surface area contributed by atoms with Gasteiger partial charge in [0.05, 0.1) is 13.7 Å². The first-order chi connectivity index (χ1) is 16.2. The van der Waals surface area contributed by atoms with Crippen molar-refractivity contribution in [3.8, 4) is 5.75 Å². The van der Waals surface area contributed by atoms with E-state index in [1.807, 2.05) is 50.2 Å².